The van der Waals surface area contributed by atoms with Gasteiger partial charge in [-0.1, -0.05) is 11.6 Å². The summed E-state index contributed by atoms with van der Waals surface area (Å²) in [5.41, 5.74) is 8.64. The van der Waals surface area contributed by atoms with E-state index < -0.39 is 5.91 Å². The molecule has 0 atom stereocenters. The largest absolute Gasteiger partial charge is 0.297 e. The highest BCUT2D eigenvalue weighted by Crippen LogP contribution is 2.34. The molecule has 7 nitrogen and oxygen atoms in total. The van der Waals surface area contributed by atoms with E-state index in [1.807, 2.05) is 5.43 Å². The molecule has 0 saturated carbocycles. The van der Waals surface area contributed by atoms with Crippen molar-refractivity contribution in [3.8, 4) is 0 Å². The summed E-state index contributed by atoms with van der Waals surface area (Å²) in [6.07, 6.45) is 1.35. The van der Waals surface area contributed by atoms with Crippen LogP contribution >= 0.6 is 11.6 Å². The molecule has 0 unspecified atom stereocenters. The maximum atomic E-state index is 11.8. The van der Waals surface area contributed by atoms with E-state index in [1.165, 1.54) is 6.20 Å². The third-order valence-corrected chi connectivity index (χ3v) is 3.20. The van der Waals surface area contributed by atoms with Crippen molar-refractivity contribution < 1.29 is 9.59 Å². The number of benzene rings is 1. The number of hydrogen-bond donors (Lipinski definition) is 4. The lowest BCUT2D eigenvalue weighted by Gasteiger charge is -2.21. The number of halogens is 1. The van der Waals surface area contributed by atoms with Crippen LogP contribution in [0.25, 0.3) is 10.9 Å². The van der Waals surface area contributed by atoms with E-state index in [1.54, 1.807) is 12.1 Å². The average molecular weight is 278 g/mol. The van der Waals surface area contributed by atoms with Gasteiger partial charge in [-0.15, -0.1) is 0 Å². The van der Waals surface area contributed by atoms with Crippen molar-refractivity contribution in [2.75, 3.05) is 5.43 Å². The lowest BCUT2D eigenvalue weighted by Crippen LogP contribution is -2.36. The fourth-order valence-electron chi connectivity index (χ4n) is 2.03. The number of nitrogens with two attached hydrogens (primary N) is 1. The van der Waals surface area contributed by atoms with Gasteiger partial charge in [0.25, 0.3) is 11.8 Å². The van der Waals surface area contributed by atoms with Gasteiger partial charge in [0, 0.05) is 11.6 Å². The molecule has 1 aromatic carbocycles. The highest BCUT2D eigenvalue weighted by molar-refractivity contribution is 6.36. The van der Waals surface area contributed by atoms with Gasteiger partial charge in [-0.3, -0.25) is 30.9 Å². The second-order valence-corrected chi connectivity index (χ2v) is 4.33. The summed E-state index contributed by atoms with van der Waals surface area (Å²) >= 11 is 6.05. The van der Waals surface area contributed by atoms with Gasteiger partial charge in [-0.25, -0.2) is 5.84 Å². The number of carbonyl (C=O) groups excluding carboxylic acids is 2. The second-order valence-electron chi connectivity index (χ2n) is 3.92. The van der Waals surface area contributed by atoms with Gasteiger partial charge >= 0.3 is 0 Å². The predicted molar refractivity (Wildman–Crippen MR) is 69.5 cm³/mol. The molecule has 1 aromatic heterocycles. The lowest BCUT2D eigenvalue weighted by atomic mass is 10.0. The van der Waals surface area contributed by atoms with Crippen molar-refractivity contribution in [1.82, 2.24) is 15.8 Å². The van der Waals surface area contributed by atoms with Crippen molar-refractivity contribution in [3.05, 3.63) is 34.5 Å². The van der Waals surface area contributed by atoms with Crippen LogP contribution in [-0.4, -0.2) is 16.8 Å². The molecule has 1 aliphatic heterocycles. The van der Waals surface area contributed by atoms with Gasteiger partial charge in [0.15, 0.2) is 0 Å². The first-order valence-electron chi connectivity index (χ1n) is 5.32. The minimum Gasteiger partial charge on any atom is -0.297 e. The Labute approximate surface area is 112 Å². The van der Waals surface area contributed by atoms with Gasteiger partial charge in [0.2, 0.25) is 0 Å². The Morgan fingerprint density at radius 1 is 1.37 bits per heavy atom. The van der Waals surface area contributed by atoms with E-state index in [0.717, 1.165) is 0 Å². The number of aromatic nitrogens is 1. The Morgan fingerprint density at radius 2 is 2.16 bits per heavy atom. The summed E-state index contributed by atoms with van der Waals surface area (Å²) in [6, 6.07) is 3.17. The Bertz CT molecular complexity index is 731. The SMILES string of the molecule is NNC(=O)c1cnc2c(Cl)ccc3c2c1NNC3=O. The standard InChI is InChI=1S/C11H8ClN5O2/c12-6-2-1-4-7-8(16-17-11(4)19)5(10(18)15-13)3-14-9(6)7/h1-3,16H,13H2,(H,15,18)(H,17,19). The molecule has 5 N–H and O–H groups in total. The van der Waals surface area contributed by atoms with Crippen molar-refractivity contribution in [2.24, 2.45) is 5.84 Å². The first-order valence-corrected chi connectivity index (χ1v) is 5.70. The Morgan fingerprint density at radius 3 is 2.89 bits per heavy atom. The van der Waals surface area contributed by atoms with E-state index >= 15 is 0 Å². The maximum Gasteiger partial charge on any atom is 0.270 e. The van der Waals surface area contributed by atoms with Crippen LogP contribution in [0.15, 0.2) is 18.3 Å². The highest BCUT2D eigenvalue weighted by Gasteiger charge is 2.25. The molecule has 0 bridgehead atoms. The third kappa shape index (κ3) is 1.60. The zero-order chi connectivity index (χ0) is 13.6. The van der Waals surface area contributed by atoms with Gasteiger partial charge < -0.3 is 0 Å². The number of amides is 2. The van der Waals surface area contributed by atoms with E-state index in [2.05, 4.69) is 15.8 Å². The first-order chi connectivity index (χ1) is 9.13. The minimum absolute atomic E-state index is 0.221. The van der Waals surface area contributed by atoms with Crippen LogP contribution in [0.3, 0.4) is 0 Å². The molecule has 2 amide bonds. The van der Waals surface area contributed by atoms with Crippen molar-refractivity contribution in [3.63, 3.8) is 0 Å². The fraction of sp³-hybridized carbons (Fsp3) is 0. The molecule has 0 fully saturated rings. The van der Waals surface area contributed by atoms with Crippen LogP contribution in [0, 0.1) is 0 Å². The Kier molecular flexibility index (Phi) is 2.51. The number of carbonyl (C=O) groups is 2. The molecule has 2 heterocycles. The average Bonchev–Trinajstić information content (AvgIpc) is 2.43. The number of pyridine rings is 1. The van der Waals surface area contributed by atoms with Crippen LogP contribution in [0.4, 0.5) is 5.69 Å². The van der Waals surface area contributed by atoms with Gasteiger partial charge in [0.1, 0.15) is 0 Å². The quantitative estimate of drug-likeness (QED) is 0.346. The number of nitrogens with one attached hydrogen (secondary N) is 3. The van der Waals surface area contributed by atoms with Crippen LogP contribution < -0.4 is 22.1 Å². The molecule has 96 valence electrons. The summed E-state index contributed by atoms with van der Waals surface area (Å²) in [7, 11) is 0. The molecule has 0 aliphatic carbocycles. The maximum absolute atomic E-state index is 11.8. The van der Waals surface area contributed by atoms with Gasteiger partial charge in [0.05, 0.1) is 27.4 Å². The van der Waals surface area contributed by atoms with E-state index in [4.69, 9.17) is 17.4 Å². The molecule has 19 heavy (non-hydrogen) atoms. The topological polar surface area (TPSA) is 109 Å². The number of hydrazine groups is 2. The zero-order valence-corrected chi connectivity index (χ0v) is 10.2. The monoisotopic (exact) mass is 277 g/mol. The minimum atomic E-state index is -0.515. The molecule has 3 rings (SSSR count). The fourth-order valence-corrected chi connectivity index (χ4v) is 2.24. The van der Waals surface area contributed by atoms with Crippen LogP contribution in [0.1, 0.15) is 20.7 Å². The number of hydrogen-bond acceptors (Lipinski definition) is 5. The van der Waals surface area contributed by atoms with Crippen LogP contribution in [0.5, 0.6) is 0 Å². The third-order valence-electron chi connectivity index (χ3n) is 2.89. The Hall–Kier alpha value is -2.38. The lowest BCUT2D eigenvalue weighted by molar-refractivity contribution is 0.0943. The smallest absolute Gasteiger partial charge is 0.270 e. The van der Waals surface area contributed by atoms with Crippen molar-refractivity contribution in [2.45, 2.75) is 0 Å². The summed E-state index contributed by atoms with van der Waals surface area (Å²) in [5.74, 6) is 4.28. The van der Waals surface area contributed by atoms with Crippen molar-refractivity contribution in [1.29, 1.82) is 0 Å². The van der Waals surface area contributed by atoms with Crippen LogP contribution in [-0.2, 0) is 0 Å². The summed E-state index contributed by atoms with van der Waals surface area (Å²) in [6.45, 7) is 0. The predicted octanol–water partition coefficient (Wildman–Crippen LogP) is 0.562. The highest BCUT2D eigenvalue weighted by atomic mass is 35.5. The normalized spacial score (nSPS) is 12.8. The Balaban J connectivity index is 2.43. The molecular formula is C11H8ClN5O2. The van der Waals surface area contributed by atoms with Gasteiger partial charge in [-0.2, -0.15) is 0 Å². The molecular weight excluding hydrogens is 270 g/mol. The zero-order valence-electron chi connectivity index (χ0n) is 9.45. The molecule has 0 radical (unpaired) electrons. The number of nitrogen functional groups attached to an aromatic ring is 1. The molecule has 2 aromatic rings. The molecule has 0 saturated heterocycles. The number of anilines is 1. The number of nitrogens with zero attached hydrogens (tertiary/aromatic N) is 1. The van der Waals surface area contributed by atoms with E-state index in [9.17, 15) is 9.59 Å². The molecule has 8 heteroatoms. The van der Waals surface area contributed by atoms with Crippen LogP contribution in [0.2, 0.25) is 5.02 Å². The van der Waals surface area contributed by atoms with Gasteiger partial charge in [-0.05, 0) is 12.1 Å². The second kappa shape index (κ2) is 4.08. The molecule has 0 spiro atoms. The molecule has 1 aliphatic rings. The summed E-state index contributed by atoms with van der Waals surface area (Å²) in [5, 5.41) is 0.897. The van der Waals surface area contributed by atoms with E-state index in [0.29, 0.717) is 27.2 Å². The number of rotatable bonds is 1. The van der Waals surface area contributed by atoms with Crippen molar-refractivity contribution >= 4 is 40.0 Å². The summed E-state index contributed by atoms with van der Waals surface area (Å²) in [4.78, 5) is 27.6. The summed E-state index contributed by atoms with van der Waals surface area (Å²) < 4.78 is 0. The first kappa shape index (κ1) is 11.7. The van der Waals surface area contributed by atoms with E-state index in [-0.39, 0.29) is 11.5 Å².